The average molecular weight is 287 g/mol. The van der Waals surface area contributed by atoms with Gasteiger partial charge in [0.15, 0.2) is 6.04 Å². The zero-order valence-electron chi connectivity index (χ0n) is 11.0. The van der Waals surface area contributed by atoms with Crippen LogP contribution >= 0.6 is 11.3 Å². The number of amides is 2. The molecule has 1 unspecified atom stereocenters. The van der Waals surface area contributed by atoms with Gasteiger partial charge in [-0.1, -0.05) is 0 Å². The monoisotopic (exact) mass is 287 g/mol. The molecule has 0 aliphatic heterocycles. The van der Waals surface area contributed by atoms with Crippen molar-refractivity contribution in [1.29, 1.82) is 0 Å². The molecule has 1 aromatic rings. The summed E-state index contributed by atoms with van der Waals surface area (Å²) in [5, 5.41) is 16.5. The van der Waals surface area contributed by atoms with E-state index in [-0.39, 0.29) is 6.61 Å². The molecule has 2 amide bonds. The molecule has 8 heteroatoms. The summed E-state index contributed by atoms with van der Waals surface area (Å²) in [6.45, 7) is 3.48. The van der Waals surface area contributed by atoms with E-state index in [0.717, 1.165) is 5.01 Å². The van der Waals surface area contributed by atoms with Gasteiger partial charge in [0.05, 0.1) is 12.1 Å². The van der Waals surface area contributed by atoms with Crippen molar-refractivity contribution in [2.24, 2.45) is 0 Å². The molecular formula is C11H17N3O4S. The van der Waals surface area contributed by atoms with Crippen molar-refractivity contribution in [1.82, 2.24) is 15.6 Å². The van der Waals surface area contributed by atoms with Gasteiger partial charge in [0.2, 0.25) is 0 Å². The second kappa shape index (κ2) is 6.48. The Labute approximate surface area is 115 Å². The number of rotatable bonds is 6. The smallest absolute Gasteiger partial charge is 0.328 e. The van der Waals surface area contributed by atoms with Crippen LogP contribution in [0, 0.1) is 0 Å². The van der Waals surface area contributed by atoms with Gasteiger partial charge in [0, 0.05) is 18.7 Å². The molecule has 106 valence electrons. The van der Waals surface area contributed by atoms with Crippen molar-refractivity contribution in [3.63, 3.8) is 0 Å². The van der Waals surface area contributed by atoms with Gasteiger partial charge >= 0.3 is 12.0 Å². The van der Waals surface area contributed by atoms with Crippen LogP contribution < -0.4 is 10.6 Å². The molecule has 0 aromatic carbocycles. The molecule has 1 rings (SSSR count). The average Bonchev–Trinajstić information content (AvgIpc) is 2.81. The third-order valence-corrected chi connectivity index (χ3v) is 3.43. The second-order valence-corrected chi connectivity index (χ2v) is 5.30. The lowest BCUT2D eigenvalue weighted by Crippen LogP contribution is -2.52. The fraction of sp³-hybridized carbons (Fsp3) is 0.545. The Hall–Kier alpha value is -1.67. The molecule has 1 heterocycles. The number of methoxy groups -OCH3 is 1. The molecule has 0 spiro atoms. The maximum Gasteiger partial charge on any atom is 0.328 e. The number of hydrogen-bond acceptors (Lipinski definition) is 5. The topological polar surface area (TPSA) is 101 Å². The van der Waals surface area contributed by atoms with E-state index in [1.807, 2.05) is 5.38 Å². The summed E-state index contributed by atoms with van der Waals surface area (Å²) in [6.07, 6.45) is 1.65. The summed E-state index contributed by atoms with van der Waals surface area (Å²) >= 11 is 1.41. The third-order valence-electron chi connectivity index (χ3n) is 2.33. The minimum Gasteiger partial charge on any atom is -0.480 e. The molecule has 1 aromatic heterocycles. The molecule has 3 N–H and O–H groups in total. The van der Waals surface area contributed by atoms with Crippen molar-refractivity contribution >= 4 is 23.3 Å². The number of nitrogens with zero attached hydrogens (tertiary/aromatic N) is 1. The summed E-state index contributed by atoms with van der Waals surface area (Å²) in [5.41, 5.74) is -0.672. The van der Waals surface area contributed by atoms with Crippen molar-refractivity contribution < 1.29 is 19.4 Å². The van der Waals surface area contributed by atoms with Crippen molar-refractivity contribution in [2.75, 3.05) is 13.7 Å². The highest BCUT2D eigenvalue weighted by Crippen LogP contribution is 2.21. The zero-order valence-corrected chi connectivity index (χ0v) is 11.8. The highest BCUT2D eigenvalue weighted by Gasteiger charge is 2.27. The molecule has 0 saturated heterocycles. The summed E-state index contributed by atoms with van der Waals surface area (Å²) < 4.78 is 4.73. The van der Waals surface area contributed by atoms with E-state index >= 15 is 0 Å². The third kappa shape index (κ3) is 4.49. The number of carboxylic acid groups (broad SMARTS) is 1. The van der Waals surface area contributed by atoms with Gasteiger partial charge in [0.1, 0.15) is 5.01 Å². The Kier molecular flexibility index (Phi) is 5.25. The van der Waals surface area contributed by atoms with Crippen molar-refractivity contribution in [3.05, 3.63) is 16.6 Å². The van der Waals surface area contributed by atoms with Gasteiger partial charge in [-0.05, 0) is 13.8 Å². The minimum absolute atomic E-state index is 0.0968. The van der Waals surface area contributed by atoms with E-state index < -0.39 is 23.6 Å². The molecule has 0 radical (unpaired) electrons. The Balaban J connectivity index is 2.61. The molecule has 0 aliphatic rings. The zero-order chi connectivity index (χ0) is 14.5. The second-order valence-electron chi connectivity index (χ2n) is 4.41. The van der Waals surface area contributed by atoms with Gasteiger partial charge in [-0.15, -0.1) is 11.3 Å². The predicted molar refractivity (Wildman–Crippen MR) is 70.1 cm³/mol. The number of carbonyl (C=O) groups is 2. The summed E-state index contributed by atoms with van der Waals surface area (Å²) in [4.78, 5) is 26.8. The number of urea groups is 1. The number of nitrogens with one attached hydrogen (secondary N) is 2. The first-order valence-corrected chi connectivity index (χ1v) is 6.45. The standard InChI is InChI=1S/C11H17N3O4S/c1-11(2,9-12-4-5-19-9)14-10(17)13-7(6-18-3)8(15)16/h4-5,7H,6H2,1-3H3,(H,15,16)(H2,13,14,17). The molecule has 19 heavy (non-hydrogen) atoms. The number of ether oxygens (including phenoxy) is 1. The first-order chi connectivity index (χ1) is 8.86. The minimum atomic E-state index is -1.15. The lowest BCUT2D eigenvalue weighted by atomic mass is 10.1. The van der Waals surface area contributed by atoms with Gasteiger partial charge in [0.25, 0.3) is 0 Å². The molecular weight excluding hydrogens is 270 g/mol. The molecule has 0 saturated carbocycles. The fourth-order valence-electron chi connectivity index (χ4n) is 1.41. The van der Waals surface area contributed by atoms with Crippen LogP contribution in [0.25, 0.3) is 0 Å². The number of carboxylic acids is 1. The maximum atomic E-state index is 11.8. The van der Waals surface area contributed by atoms with Crippen LogP contribution in [0.1, 0.15) is 18.9 Å². The first-order valence-electron chi connectivity index (χ1n) is 5.57. The van der Waals surface area contributed by atoms with Crippen LogP contribution in [0.3, 0.4) is 0 Å². The fourth-order valence-corrected chi connectivity index (χ4v) is 2.12. The predicted octanol–water partition coefficient (Wildman–Crippen LogP) is 0.777. The summed E-state index contributed by atoms with van der Waals surface area (Å²) in [6, 6.07) is -1.67. The normalized spacial score (nSPS) is 12.8. The molecule has 1 atom stereocenters. The van der Waals surface area contributed by atoms with E-state index in [0.29, 0.717) is 0 Å². The van der Waals surface area contributed by atoms with Crippen LogP contribution in [0.5, 0.6) is 0 Å². The van der Waals surface area contributed by atoms with E-state index in [1.165, 1.54) is 18.4 Å². The highest BCUT2D eigenvalue weighted by atomic mass is 32.1. The highest BCUT2D eigenvalue weighted by molar-refractivity contribution is 7.09. The van der Waals surface area contributed by atoms with Crippen LogP contribution in [0.4, 0.5) is 4.79 Å². The number of aromatic nitrogens is 1. The molecule has 0 bridgehead atoms. The van der Waals surface area contributed by atoms with Crippen molar-refractivity contribution in [3.8, 4) is 0 Å². The van der Waals surface area contributed by atoms with Gasteiger partial charge in [-0.25, -0.2) is 14.6 Å². The lowest BCUT2D eigenvalue weighted by Gasteiger charge is -2.25. The van der Waals surface area contributed by atoms with Crippen LogP contribution in [0.2, 0.25) is 0 Å². The molecule has 0 fully saturated rings. The molecule has 0 aliphatic carbocycles. The lowest BCUT2D eigenvalue weighted by molar-refractivity contribution is -0.140. The van der Waals surface area contributed by atoms with E-state index in [1.54, 1.807) is 20.0 Å². The maximum absolute atomic E-state index is 11.8. The first kappa shape index (κ1) is 15.4. The Morgan fingerprint density at radius 3 is 2.74 bits per heavy atom. The summed E-state index contributed by atoms with van der Waals surface area (Å²) in [5.74, 6) is -1.15. The number of hydrogen-bond donors (Lipinski definition) is 3. The molecule has 7 nitrogen and oxygen atoms in total. The Morgan fingerprint density at radius 2 is 2.26 bits per heavy atom. The van der Waals surface area contributed by atoms with Crippen LogP contribution in [-0.4, -0.2) is 41.8 Å². The van der Waals surface area contributed by atoms with Crippen LogP contribution in [-0.2, 0) is 15.1 Å². The van der Waals surface area contributed by atoms with Gasteiger partial charge < -0.3 is 20.5 Å². The van der Waals surface area contributed by atoms with E-state index in [4.69, 9.17) is 9.84 Å². The SMILES string of the molecule is COCC(NC(=O)NC(C)(C)c1nccs1)C(=O)O. The van der Waals surface area contributed by atoms with E-state index in [2.05, 4.69) is 15.6 Å². The Morgan fingerprint density at radius 1 is 1.58 bits per heavy atom. The van der Waals surface area contributed by atoms with Crippen molar-refractivity contribution in [2.45, 2.75) is 25.4 Å². The quantitative estimate of drug-likeness (QED) is 0.717. The number of carbonyl (C=O) groups excluding carboxylic acids is 1. The van der Waals surface area contributed by atoms with Gasteiger partial charge in [-0.2, -0.15) is 0 Å². The number of aliphatic carboxylic acids is 1. The summed E-state index contributed by atoms with van der Waals surface area (Å²) in [7, 11) is 1.37. The van der Waals surface area contributed by atoms with Crippen LogP contribution in [0.15, 0.2) is 11.6 Å². The van der Waals surface area contributed by atoms with E-state index in [9.17, 15) is 9.59 Å². The Bertz CT molecular complexity index is 433. The number of thiazole rings is 1. The largest absolute Gasteiger partial charge is 0.480 e. The van der Waals surface area contributed by atoms with Gasteiger partial charge in [-0.3, -0.25) is 0 Å².